The van der Waals surface area contributed by atoms with Crippen molar-refractivity contribution < 1.29 is 13.2 Å². The van der Waals surface area contributed by atoms with E-state index in [0.717, 1.165) is 37.0 Å². The number of ether oxygens (including phenoxy) is 1. The van der Waals surface area contributed by atoms with Gasteiger partial charge in [0.2, 0.25) is 10.0 Å². The van der Waals surface area contributed by atoms with Crippen LogP contribution in [0.2, 0.25) is 0 Å². The van der Waals surface area contributed by atoms with Crippen LogP contribution in [0.5, 0.6) is 5.75 Å². The lowest BCUT2D eigenvalue weighted by atomic mass is 10.2. The van der Waals surface area contributed by atoms with E-state index in [1.807, 2.05) is 42.5 Å². The van der Waals surface area contributed by atoms with Gasteiger partial charge in [-0.05, 0) is 43.0 Å². The van der Waals surface area contributed by atoms with Crippen molar-refractivity contribution in [3.63, 3.8) is 0 Å². The van der Waals surface area contributed by atoms with Gasteiger partial charge in [0.05, 0.1) is 11.5 Å². The van der Waals surface area contributed by atoms with Crippen LogP contribution >= 0.6 is 24.0 Å². The van der Waals surface area contributed by atoms with Gasteiger partial charge in [-0.25, -0.2) is 8.42 Å². The first kappa shape index (κ1) is 26.4. The third-order valence-electron chi connectivity index (χ3n) is 5.20. The lowest BCUT2D eigenvalue weighted by Gasteiger charge is -2.27. The molecule has 1 saturated heterocycles. The number of benzene rings is 2. The molecule has 176 valence electrons. The molecule has 1 aliphatic heterocycles. The number of para-hydroxylation sites is 1. The molecular formula is C23H33IN4O3S. The van der Waals surface area contributed by atoms with Crippen LogP contribution in [0.3, 0.4) is 0 Å². The van der Waals surface area contributed by atoms with Gasteiger partial charge < -0.3 is 15.4 Å². The van der Waals surface area contributed by atoms with E-state index in [2.05, 4.69) is 15.6 Å². The number of rotatable bonds is 9. The standard InChI is InChI=1S/C23H32N4O3S.HI/c1-24-23(25-15-10-18-30-21-12-4-2-5-13-21)26-19-20-11-6-7-14-22(20)31(28,29)27-16-8-3-9-17-27;/h2,4-7,11-14H,3,8-10,15-19H2,1H3,(H2,24,25,26);1H. The number of guanidine groups is 1. The summed E-state index contributed by atoms with van der Waals surface area (Å²) in [4.78, 5) is 4.61. The minimum atomic E-state index is -3.48. The summed E-state index contributed by atoms with van der Waals surface area (Å²) in [6, 6.07) is 16.9. The maximum atomic E-state index is 13.1. The topological polar surface area (TPSA) is 83.0 Å². The highest BCUT2D eigenvalue weighted by molar-refractivity contribution is 14.0. The summed E-state index contributed by atoms with van der Waals surface area (Å²) < 4.78 is 33.5. The van der Waals surface area contributed by atoms with Crippen LogP contribution in [0.4, 0.5) is 0 Å². The fourth-order valence-electron chi connectivity index (χ4n) is 3.53. The van der Waals surface area contributed by atoms with Gasteiger partial charge in [-0.1, -0.05) is 42.8 Å². The minimum Gasteiger partial charge on any atom is -0.494 e. The second kappa shape index (κ2) is 13.6. The van der Waals surface area contributed by atoms with Crippen LogP contribution in [0.25, 0.3) is 0 Å². The van der Waals surface area contributed by atoms with Crippen LogP contribution in [-0.4, -0.2) is 52.0 Å². The molecule has 0 saturated carbocycles. The highest BCUT2D eigenvalue weighted by atomic mass is 127. The van der Waals surface area contributed by atoms with Crippen molar-refractivity contribution in [3.8, 4) is 5.75 Å². The van der Waals surface area contributed by atoms with Gasteiger partial charge in [-0.3, -0.25) is 4.99 Å². The summed E-state index contributed by atoms with van der Waals surface area (Å²) in [5.41, 5.74) is 0.739. The summed E-state index contributed by atoms with van der Waals surface area (Å²) >= 11 is 0. The Kier molecular flexibility index (Phi) is 11.3. The molecule has 2 aromatic carbocycles. The number of halogens is 1. The van der Waals surface area contributed by atoms with Crippen molar-refractivity contribution in [1.29, 1.82) is 0 Å². The van der Waals surface area contributed by atoms with E-state index in [4.69, 9.17) is 4.74 Å². The Balaban J connectivity index is 0.00000363. The van der Waals surface area contributed by atoms with Crippen molar-refractivity contribution in [1.82, 2.24) is 14.9 Å². The van der Waals surface area contributed by atoms with Gasteiger partial charge in [-0.2, -0.15) is 4.31 Å². The third-order valence-corrected chi connectivity index (χ3v) is 7.20. The molecule has 0 aliphatic carbocycles. The molecule has 1 heterocycles. The monoisotopic (exact) mass is 572 g/mol. The Morgan fingerprint density at radius 1 is 1.00 bits per heavy atom. The van der Waals surface area contributed by atoms with Crippen LogP contribution in [-0.2, 0) is 16.6 Å². The van der Waals surface area contributed by atoms with Gasteiger partial charge in [0.15, 0.2) is 5.96 Å². The number of nitrogens with zero attached hydrogens (tertiary/aromatic N) is 2. The maximum absolute atomic E-state index is 13.1. The highest BCUT2D eigenvalue weighted by Gasteiger charge is 2.27. The zero-order valence-electron chi connectivity index (χ0n) is 18.5. The molecule has 32 heavy (non-hydrogen) atoms. The van der Waals surface area contributed by atoms with Crippen molar-refractivity contribution in [3.05, 3.63) is 60.2 Å². The SMILES string of the molecule is CN=C(NCCCOc1ccccc1)NCc1ccccc1S(=O)(=O)N1CCCCC1.I. The number of hydrogen-bond acceptors (Lipinski definition) is 4. The largest absolute Gasteiger partial charge is 0.494 e. The summed E-state index contributed by atoms with van der Waals surface area (Å²) in [7, 11) is -1.78. The first-order valence-electron chi connectivity index (χ1n) is 10.8. The first-order chi connectivity index (χ1) is 15.1. The van der Waals surface area contributed by atoms with Gasteiger partial charge in [0.25, 0.3) is 0 Å². The smallest absolute Gasteiger partial charge is 0.243 e. The second-order valence-corrected chi connectivity index (χ2v) is 9.35. The van der Waals surface area contributed by atoms with Crippen LogP contribution < -0.4 is 15.4 Å². The van der Waals surface area contributed by atoms with Gasteiger partial charge in [-0.15, -0.1) is 24.0 Å². The van der Waals surface area contributed by atoms with Gasteiger partial charge >= 0.3 is 0 Å². The Morgan fingerprint density at radius 2 is 1.69 bits per heavy atom. The fourth-order valence-corrected chi connectivity index (χ4v) is 5.27. The molecule has 2 N–H and O–H groups in total. The molecule has 0 unspecified atom stereocenters. The van der Waals surface area contributed by atoms with Crippen molar-refractivity contribution in [2.75, 3.05) is 33.3 Å². The van der Waals surface area contributed by atoms with Crippen LogP contribution in [0.1, 0.15) is 31.2 Å². The van der Waals surface area contributed by atoms with Gasteiger partial charge in [0, 0.05) is 33.2 Å². The Hall–Kier alpha value is -1.85. The van der Waals surface area contributed by atoms with Crippen molar-refractivity contribution in [2.24, 2.45) is 4.99 Å². The van der Waals surface area contributed by atoms with Crippen molar-refractivity contribution in [2.45, 2.75) is 37.1 Å². The lowest BCUT2D eigenvalue weighted by Crippen LogP contribution is -2.39. The maximum Gasteiger partial charge on any atom is 0.243 e. The van der Waals surface area contributed by atoms with Crippen LogP contribution in [0.15, 0.2) is 64.5 Å². The normalized spacial score (nSPS) is 15.0. The van der Waals surface area contributed by atoms with E-state index < -0.39 is 10.0 Å². The Bertz CT molecular complexity index is 949. The molecule has 0 amide bonds. The predicted molar refractivity (Wildman–Crippen MR) is 139 cm³/mol. The zero-order chi connectivity index (χ0) is 21.9. The zero-order valence-corrected chi connectivity index (χ0v) is 21.6. The van der Waals surface area contributed by atoms with E-state index in [9.17, 15) is 8.42 Å². The van der Waals surface area contributed by atoms with Crippen molar-refractivity contribution >= 4 is 40.0 Å². The van der Waals surface area contributed by atoms with E-state index in [1.165, 1.54) is 0 Å². The molecule has 3 rings (SSSR count). The minimum absolute atomic E-state index is 0. The van der Waals surface area contributed by atoms with Gasteiger partial charge in [0.1, 0.15) is 5.75 Å². The molecule has 1 fully saturated rings. The van der Waals surface area contributed by atoms with E-state index in [0.29, 0.717) is 43.6 Å². The molecule has 0 aromatic heterocycles. The number of hydrogen-bond donors (Lipinski definition) is 2. The Labute approximate surface area is 208 Å². The summed E-state index contributed by atoms with van der Waals surface area (Å²) in [5, 5.41) is 6.47. The number of aliphatic imine (C=N–C) groups is 1. The van der Waals surface area contributed by atoms with E-state index in [1.54, 1.807) is 23.5 Å². The quantitative estimate of drug-likeness (QED) is 0.208. The molecule has 0 bridgehead atoms. The number of piperidine rings is 1. The predicted octanol–water partition coefficient (Wildman–Crippen LogP) is 3.61. The van der Waals surface area contributed by atoms with E-state index >= 15 is 0 Å². The number of sulfonamides is 1. The number of nitrogens with one attached hydrogen (secondary N) is 2. The molecule has 1 aliphatic rings. The first-order valence-corrected chi connectivity index (χ1v) is 12.3. The Morgan fingerprint density at radius 3 is 2.41 bits per heavy atom. The lowest BCUT2D eigenvalue weighted by molar-refractivity contribution is 0.311. The summed E-state index contributed by atoms with van der Waals surface area (Å²) in [5.74, 6) is 1.49. The molecule has 0 atom stereocenters. The molecule has 9 heteroatoms. The molecule has 0 radical (unpaired) electrons. The molecule has 7 nitrogen and oxygen atoms in total. The molecule has 2 aromatic rings. The summed E-state index contributed by atoms with van der Waals surface area (Å²) in [6.07, 6.45) is 3.75. The second-order valence-electron chi connectivity index (χ2n) is 7.44. The average molecular weight is 573 g/mol. The van der Waals surface area contributed by atoms with E-state index in [-0.39, 0.29) is 24.0 Å². The summed E-state index contributed by atoms with van der Waals surface area (Å²) in [6.45, 7) is 2.87. The van der Waals surface area contributed by atoms with Crippen LogP contribution in [0, 0.1) is 0 Å². The third kappa shape index (κ3) is 7.63. The highest BCUT2D eigenvalue weighted by Crippen LogP contribution is 2.23. The molecular weight excluding hydrogens is 539 g/mol. The molecule has 0 spiro atoms. The average Bonchev–Trinajstić information content (AvgIpc) is 2.82. The fraction of sp³-hybridized carbons (Fsp3) is 0.435.